The molecule has 1 atom stereocenters. The van der Waals surface area contributed by atoms with Gasteiger partial charge in [-0.2, -0.15) is 0 Å². The molecular formula is C22H29FN4OS. The molecule has 156 valence electrons. The average Bonchev–Trinajstić information content (AvgIpc) is 3.29. The van der Waals surface area contributed by atoms with Gasteiger partial charge in [-0.25, -0.2) is 9.37 Å². The summed E-state index contributed by atoms with van der Waals surface area (Å²) in [5.74, 6) is -0.0794. The fourth-order valence-electron chi connectivity index (χ4n) is 4.98. The van der Waals surface area contributed by atoms with Gasteiger partial charge in [0.25, 0.3) is 0 Å². The Balaban J connectivity index is 1.45. The van der Waals surface area contributed by atoms with E-state index in [-0.39, 0.29) is 23.1 Å². The van der Waals surface area contributed by atoms with Crippen molar-refractivity contribution in [3.05, 3.63) is 46.2 Å². The number of anilines is 1. The third-order valence-electron chi connectivity index (χ3n) is 6.50. The second-order valence-corrected chi connectivity index (χ2v) is 9.43. The van der Waals surface area contributed by atoms with Crippen molar-refractivity contribution in [1.29, 1.82) is 0 Å². The molecule has 0 radical (unpaired) electrons. The van der Waals surface area contributed by atoms with E-state index in [2.05, 4.69) is 21.8 Å². The van der Waals surface area contributed by atoms with Gasteiger partial charge >= 0.3 is 0 Å². The zero-order valence-electron chi connectivity index (χ0n) is 17.4. The van der Waals surface area contributed by atoms with Crippen molar-refractivity contribution in [1.82, 2.24) is 14.8 Å². The quantitative estimate of drug-likeness (QED) is 0.751. The number of fused-ring (bicyclic) bond motifs is 2. The third kappa shape index (κ3) is 4.03. The van der Waals surface area contributed by atoms with Gasteiger partial charge in [-0.3, -0.25) is 4.79 Å². The Labute approximate surface area is 176 Å². The molecule has 29 heavy (non-hydrogen) atoms. The standard InChI is InChI=1S/C22H29FN4OS/c1-25(2)21(28)16(10-18-13-29-15-24-18)12-27-8-6-22(7-9-27)14-26(3)20-5-4-17(23)11-19(20)22/h4-5,11,13,15-16H,6-10,12,14H2,1-3H3. The van der Waals surface area contributed by atoms with Crippen LogP contribution in [-0.2, 0) is 16.6 Å². The first-order valence-electron chi connectivity index (χ1n) is 10.2. The fourth-order valence-corrected chi connectivity index (χ4v) is 5.55. The lowest BCUT2D eigenvalue weighted by Crippen LogP contribution is -2.48. The molecule has 1 spiro atoms. The molecule has 7 heteroatoms. The number of aromatic nitrogens is 1. The first kappa shape index (κ1) is 20.3. The number of halogens is 1. The van der Waals surface area contributed by atoms with Crippen LogP contribution in [0, 0.1) is 11.7 Å². The molecule has 0 aliphatic carbocycles. The highest BCUT2D eigenvalue weighted by atomic mass is 32.1. The molecule has 5 nitrogen and oxygen atoms in total. The van der Waals surface area contributed by atoms with Crippen LogP contribution < -0.4 is 4.90 Å². The zero-order chi connectivity index (χ0) is 20.6. The highest BCUT2D eigenvalue weighted by Crippen LogP contribution is 2.46. The lowest BCUT2D eigenvalue weighted by molar-refractivity contribution is -0.133. The van der Waals surface area contributed by atoms with E-state index < -0.39 is 0 Å². The Hall–Kier alpha value is -1.99. The number of likely N-dealkylation sites (tertiary alicyclic amines) is 1. The molecule has 0 N–H and O–H groups in total. The van der Waals surface area contributed by atoms with Crippen molar-refractivity contribution in [2.75, 3.05) is 52.2 Å². The van der Waals surface area contributed by atoms with Gasteiger partial charge in [0.2, 0.25) is 5.91 Å². The molecule has 2 aliphatic heterocycles. The number of hydrogen-bond donors (Lipinski definition) is 0. The van der Waals surface area contributed by atoms with Crippen molar-refractivity contribution in [2.24, 2.45) is 5.92 Å². The van der Waals surface area contributed by atoms with E-state index >= 15 is 0 Å². The van der Waals surface area contributed by atoms with Crippen LogP contribution in [0.5, 0.6) is 0 Å². The first-order valence-corrected chi connectivity index (χ1v) is 11.1. The maximum absolute atomic E-state index is 13.9. The van der Waals surface area contributed by atoms with Crippen LogP contribution in [0.2, 0.25) is 0 Å². The average molecular weight is 417 g/mol. The van der Waals surface area contributed by atoms with E-state index in [1.807, 2.05) is 31.1 Å². The van der Waals surface area contributed by atoms with Crippen LogP contribution in [0.1, 0.15) is 24.1 Å². The van der Waals surface area contributed by atoms with Gasteiger partial charge in [-0.15, -0.1) is 11.3 Å². The van der Waals surface area contributed by atoms with Gasteiger partial charge in [0.1, 0.15) is 5.82 Å². The van der Waals surface area contributed by atoms with Crippen LogP contribution in [0.3, 0.4) is 0 Å². The molecule has 1 fully saturated rings. The Bertz CT molecular complexity index is 862. The van der Waals surface area contributed by atoms with Gasteiger partial charge < -0.3 is 14.7 Å². The summed E-state index contributed by atoms with van der Waals surface area (Å²) < 4.78 is 13.9. The van der Waals surface area contributed by atoms with Crippen molar-refractivity contribution < 1.29 is 9.18 Å². The number of carbonyl (C=O) groups is 1. The number of likely N-dealkylation sites (N-methyl/N-ethyl adjacent to an activating group) is 1. The molecule has 0 bridgehead atoms. The van der Waals surface area contributed by atoms with Crippen molar-refractivity contribution in [2.45, 2.75) is 24.7 Å². The number of piperidine rings is 1. The summed E-state index contributed by atoms with van der Waals surface area (Å²) in [5, 5.41) is 2.03. The Kier molecular flexibility index (Phi) is 5.62. The number of nitrogens with zero attached hydrogens (tertiary/aromatic N) is 4. The van der Waals surface area contributed by atoms with E-state index in [4.69, 9.17) is 0 Å². The van der Waals surface area contributed by atoms with E-state index in [1.165, 1.54) is 0 Å². The molecule has 1 aromatic heterocycles. The highest BCUT2D eigenvalue weighted by molar-refractivity contribution is 7.07. The zero-order valence-corrected chi connectivity index (χ0v) is 18.2. The smallest absolute Gasteiger partial charge is 0.226 e. The van der Waals surface area contributed by atoms with E-state index in [0.29, 0.717) is 6.42 Å². The van der Waals surface area contributed by atoms with Crippen LogP contribution >= 0.6 is 11.3 Å². The summed E-state index contributed by atoms with van der Waals surface area (Å²) in [6, 6.07) is 5.19. The van der Waals surface area contributed by atoms with Crippen LogP contribution in [0.15, 0.2) is 29.1 Å². The van der Waals surface area contributed by atoms with Crippen molar-refractivity contribution in [3.63, 3.8) is 0 Å². The van der Waals surface area contributed by atoms with Crippen molar-refractivity contribution >= 4 is 22.9 Å². The predicted octanol–water partition coefficient (Wildman–Crippen LogP) is 3.01. The highest BCUT2D eigenvalue weighted by Gasteiger charge is 2.44. The summed E-state index contributed by atoms with van der Waals surface area (Å²) in [7, 11) is 5.74. The summed E-state index contributed by atoms with van der Waals surface area (Å²) >= 11 is 1.57. The number of thiazole rings is 1. The molecule has 1 amide bonds. The number of hydrogen-bond acceptors (Lipinski definition) is 5. The topological polar surface area (TPSA) is 39.7 Å². The predicted molar refractivity (Wildman–Crippen MR) is 115 cm³/mol. The number of benzene rings is 1. The molecule has 1 saturated heterocycles. The number of rotatable bonds is 5. The van der Waals surface area contributed by atoms with Crippen LogP contribution in [-0.4, -0.2) is 68.0 Å². The van der Waals surface area contributed by atoms with Gasteiger partial charge in [0, 0.05) is 57.1 Å². The normalized spacial score (nSPS) is 19.4. The minimum atomic E-state index is -0.152. The molecule has 3 heterocycles. The SMILES string of the molecule is CN(C)C(=O)C(Cc1cscn1)CN1CCC2(CC1)CN(C)c1ccc(F)cc12. The molecule has 0 saturated carbocycles. The molecular weight excluding hydrogens is 387 g/mol. The third-order valence-corrected chi connectivity index (χ3v) is 7.14. The molecule has 1 unspecified atom stereocenters. The molecule has 2 aliphatic rings. The summed E-state index contributed by atoms with van der Waals surface area (Å²) in [4.78, 5) is 23.5. The van der Waals surface area contributed by atoms with E-state index in [1.54, 1.807) is 28.4 Å². The lowest BCUT2D eigenvalue weighted by atomic mass is 9.74. The first-order chi connectivity index (χ1) is 13.9. The number of amides is 1. The van der Waals surface area contributed by atoms with Crippen LogP contribution in [0.4, 0.5) is 10.1 Å². The Morgan fingerprint density at radius 3 is 2.76 bits per heavy atom. The summed E-state index contributed by atoms with van der Waals surface area (Å²) in [6.07, 6.45) is 2.67. The minimum Gasteiger partial charge on any atom is -0.373 e. The fraction of sp³-hybridized carbons (Fsp3) is 0.545. The van der Waals surface area contributed by atoms with Gasteiger partial charge in [0.15, 0.2) is 0 Å². The Morgan fingerprint density at radius 1 is 1.34 bits per heavy atom. The monoisotopic (exact) mass is 416 g/mol. The Morgan fingerprint density at radius 2 is 2.10 bits per heavy atom. The van der Waals surface area contributed by atoms with E-state index in [0.717, 1.165) is 56.0 Å². The van der Waals surface area contributed by atoms with Crippen molar-refractivity contribution in [3.8, 4) is 0 Å². The second-order valence-electron chi connectivity index (χ2n) is 8.71. The molecule has 4 rings (SSSR count). The molecule has 1 aromatic carbocycles. The maximum Gasteiger partial charge on any atom is 0.226 e. The van der Waals surface area contributed by atoms with Gasteiger partial charge in [0.05, 0.1) is 17.1 Å². The molecule has 2 aromatic rings. The number of carbonyl (C=O) groups excluding carboxylic acids is 1. The second kappa shape index (κ2) is 8.03. The summed E-state index contributed by atoms with van der Waals surface area (Å²) in [6.45, 7) is 3.55. The minimum absolute atomic E-state index is 0.0264. The van der Waals surface area contributed by atoms with Gasteiger partial charge in [-0.05, 0) is 49.7 Å². The lowest BCUT2D eigenvalue weighted by Gasteiger charge is -2.41. The largest absolute Gasteiger partial charge is 0.373 e. The van der Waals surface area contributed by atoms with E-state index in [9.17, 15) is 9.18 Å². The van der Waals surface area contributed by atoms with Gasteiger partial charge in [-0.1, -0.05) is 0 Å². The summed E-state index contributed by atoms with van der Waals surface area (Å²) in [5.41, 5.74) is 5.15. The van der Waals surface area contributed by atoms with Crippen LogP contribution in [0.25, 0.3) is 0 Å². The maximum atomic E-state index is 13.9.